The first-order chi connectivity index (χ1) is 7.79. The number of benzene rings is 1. The van der Waals surface area contributed by atoms with E-state index in [9.17, 15) is 19.9 Å². The molecule has 7 heteroatoms. The van der Waals surface area contributed by atoms with Crippen molar-refractivity contribution < 1.29 is 19.9 Å². The van der Waals surface area contributed by atoms with Crippen molar-refractivity contribution in [2.75, 3.05) is 0 Å². The molecule has 0 radical (unpaired) electrons. The average molecular weight is 258 g/mol. The minimum atomic E-state index is -3.62. The maximum atomic E-state index is 10.9. The van der Waals surface area contributed by atoms with E-state index in [1.165, 1.54) is 6.92 Å². The Labute approximate surface area is 104 Å². The SMILES string of the molecule is CC(=O)N[C@H](Cc1ccc(Cl)cc1)[B-](O)(O)O. The molecule has 0 aliphatic carbocycles. The third kappa shape index (κ3) is 4.74. The Morgan fingerprint density at radius 1 is 1.35 bits per heavy atom. The van der Waals surface area contributed by atoms with Crippen molar-refractivity contribution in [3.63, 3.8) is 0 Å². The van der Waals surface area contributed by atoms with E-state index in [0.29, 0.717) is 5.02 Å². The van der Waals surface area contributed by atoms with E-state index in [4.69, 9.17) is 11.6 Å². The Morgan fingerprint density at radius 2 is 1.88 bits per heavy atom. The maximum absolute atomic E-state index is 10.9. The van der Waals surface area contributed by atoms with Gasteiger partial charge in [-0.15, -0.1) is 0 Å². The van der Waals surface area contributed by atoms with Gasteiger partial charge in [0.1, 0.15) is 0 Å². The molecule has 5 nitrogen and oxygen atoms in total. The first-order valence-corrected chi connectivity index (χ1v) is 5.50. The summed E-state index contributed by atoms with van der Waals surface area (Å²) in [7, 11) is 0. The Kier molecular flexibility index (Phi) is 4.53. The molecule has 1 aromatic carbocycles. The first kappa shape index (κ1) is 14.0. The van der Waals surface area contributed by atoms with Crippen molar-refractivity contribution in [3.8, 4) is 0 Å². The van der Waals surface area contributed by atoms with Gasteiger partial charge in [0.15, 0.2) is 0 Å². The molecule has 0 heterocycles. The van der Waals surface area contributed by atoms with Gasteiger partial charge in [-0.1, -0.05) is 23.7 Å². The van der Waals surface area contributed by atoms with Crippen molar-refractivity contribution in [2.45, 2.75) is 19.3 Å². The lowest BCUT2D eigenvalue weighted by molar-refractivity contribution is -0.119. The highest BCUT2D eigenvalue weighted by molar-refractivity contribution is 6.58. The largest absolute Gasteiger partial charge is 0.558 e. The fraction of sp³-hybridized carbons (Fsp3) is 0.300. The minimum Gasteiger partial charge on any atom is -0.558 e. The molecule has 0 fully saturated rings. The van der Waals surface area contributed by atoms with Crippen molar-refractivity contribution in [1.29, 1.82) is 0 Å². The van der Waals surface area contributed by atoms with Crippen LogP contribution in [-0.2, 0) is 11.2 Å². The number of nitrogens with one attached hydrogen (secondary N) is 1. The van der Waals surface area contributed by atoms with Crippen LogP contribution in [0.5, 0.6) is 0 Å². The van der Waals surface area contributed by atoms with Crippen molar-refractivity contribution >= 4 is 24.3 Å². The van der Waals surface area contributed by atoms with Crippen molar-refractivity contribution in [1.82, 2.24) is 5.32 Å². The highest BCUT2D eigenvalue weighted by Crippen LogP contribution is 2.13. The molecule has 0 saturated heterocycles. The summed E-state index contributed by atoms with van der Waals surface area (Å²) in [5.74, 6) is -1.60. The van der Waals surface area contributed by atoms with E-state index in [1.54, 1.807) is 24.3 Å². The summed E-state index contributed by atoms with van der Waals surface area (Å²) in [6, 6.07) is 6.64. The lowest BCUT2D eigenvalue weighted by atomic mass is 9.67. The van der Waals surface area contributed by atoms with E-state index in [2.05, 4.69) is 5.32 Å². The Bertz CT molecular complexity index is 390. The molecule has 1 aromatic rings. The molecule has 1 amide bonds. The number of halogens is 1. The van der Waals surface area contributed by atoms with Crippen LogP contribution in [0.1, 0.15) is 12.5 Å². The van der Waals surface area contributed by atoms with Crippen molar-refractivity contribution in [2.24, 2.45) is 0 Å². The van der Waals surface area contributed by atoms with Gasteiger partial charge in [0, 0.05) is 11.9 Å². The number of hydrogen-bond donors (Lipinski definition) is 4. The molecular weight excluding hydrogens is 244 g/mol. The smallest absolute Gasteiger partial charge is 0.394 e. The highest BCUT2D eigenvalue weighted by atomic mass is 35.5. The molecule has 1 atom stereocenters. The van der Waals surface area contributed by atoms with Gasteiger partial charge >= 0.3 is 6.75 Å². The predicted octanol–water partition coefficient (Wildman–Crippen LogP) is -0.158. The summed E-state index contributed by atoms with van der Waals surface area (Å²) in [6.45, 7) is -2.38. The quantitative estimate of drug-likeness (QED) is 0.565. The van der Waals surface area contributed by atoms with Gasteiger partial charge in [-0.05, 0) is 30.1 Å². The molecule has 94 valence electrons. The van der Waals surface area contributed by atoms with Crippen LogP contribution in [0.3, 0.4) is 0 Å². The van der Waals surface area contributed by atoms with Crippen LogP contribution in [0.25, 0.3) is 0 Å². The van der Waals surface area contributed by atoms with Crippen molar-refractivity contribution in [3.05, 3.63) is 34.9 Å². The zero-order valence-electron chi connectivity index (χ0n) is 9.30. The topological polar surface area (TPSA) is 89.8 Å². The van der Waals surface area contributed by atoms with Crippen LogP contribution in [-0.4, -0.2) is 33.7 Å². The summed E-state index contributed by atoms with van der Waals surface area (Å²) in [5, 5.41) is 30.4. The van der Waals surface area contributed by atoms with Crippen LogP contribution in [0.2, 0.25) is 5.02 Å². The third-order valence-electron chi connectivity index (χ3n) is 2.30. The number of rotatable bonds is 4. The number of amides is 1. The lowest BCUT2D eigenvalue weighted by Crippen LogP contribution is -2.58. The molecule has 0 aromatic heterocycles. The lowest BCUT2D eigenvalue weighted by Gasteiger charge is -2.32. The molecule has 4 N–H and O–H groups in total. The van der Waals surface area contributed by atoms with Gasteiger partial charge in [0.25, 0.3) is 0 Å². The average Bonchev–Trinajstić information content (AvgIpc) is 2.18. The van der Waals surface area contributed by atoms with Gasteiger partial charge in [-0.3, -0.25) is 4.79 Å². The number of carbonyl (C=O) groups excluding carboxylic acids is 1. The molecule has 0 unspecified atom stereocenters. The van der Waals surface area contributed by atoms with Gasteiger partial charge < -0.3 is 20.4 Å². The normalized spacial score (nSPS) is 13.2. The van der Waals surface area contributed by atoms with E-state index in [-0.39, 0.29) is 6.42 Å². The van der Waals surface area contributed by atoms with Gasteiger partial charge in [-0.2, -0.15) is 0 Å². The van der Waals surface area contributed by atoms with Crippen LogP contribution < -0.4 is 5.32 Å². The minimum absolute atomic E-state index is 0.0975. The summed E-state index contributed by atoms with van der Waals surface area (Å²) in [4.78, 5) is 10.9. The Morgan fingerprint density at radius 3 is 2.29 bits per heavy atom. The molecule has 0 aliphatic rings. The van der Waals surface area contributed by atoms with Gasteiger partial charge in [-0.25, -0.2) is 0 Å². The summed E-state index contributed by atoms with van der Waals surface area (Å²) >= 11 is 5.71. The molecule has 0 bridgehead atoms. The van der Waals surface area contributed by atoms with Gasteiger partial charge in [0.05, 0.1) is 0 Å². The second-order valence-corrected chi connectivity index (χ2v) is 4.37. The summed E-state index contributed by atoms with van der Waals surface area (Å²) < 4.78 is 0. The van der Waals surface area contributed by atoms with Crippen LogP contribution >= 0.6 is 11.6 Å². The monoisotopic (exact) mass is 258 g/mol. The zero-order chi connectivity index (χ0) is 13.1. The first-order valence-electron chi connectivity index (χ1n) is 5.12. The van der Waals surface area contributed by atoms with Crippen LogP contribution in [0, 0.1) is 0 Å². The molecule has 1 rings (SSSR count). The Hall–Kier alpha value is -1.08. The van der Waals surface area contributed by atoms with E-state index < -0.39 is 18.6 Å². The van der Waals surface area contributed by atoms with E-state index in [1.807, 2.05) is 0 Å². The predicted molar refractivity (Wildman–Crippen MR) is 65.2 cm³/mol. The van der Waals surface area contributed by atoms with E-state index >= 15 is 0 Å². The second-order valence-electron chi connectivity index (χ2n) is 3.93. The van der Waals surface area contributed by atoms with Gasteiger partial charge in [0.2, 0.25) is 5.91 Å². The molecule has 0 spiro atoms. The zero-order valence-corrected chi connectivity index (χ0v) is 10.1. The highest BCUT2D eigenvalue weighted by Gasteiger charge is 2.29. The van der Waals surface area contributed by atoms with E-state index in [0.717, 1.165) is 5.56 Å². The number of hydrogen-bond acceptors (Lipinski definition) is 4. The standard InChI is InChI=1S/C10H14BClNO4/c1-7(14)13-10(11(15,16)17)6-8-2-4-9(12)5-3-8/h2-5,10,15-17H,6H2,1H3,(H,13,14)/q-1/t10-/m1/s1. The summed E-state index contributed by atoms with van der Waals surface area (Å²) in [6.07, 6.45) is 0.0975. The fourth-order valence-corrected chi connectivity index (χ4v) is 1.58. The third-order valence-corrected chi connectivity index (χ3v) is 2.55. The number of carbonyl (C=O) groups is 1. The second kappa shape index (κ2) is 5.51. The maximum Gasteiger partial charge on any atom is 0.394 e. The molecule has 0 aliphatic heterocycles. The molecular formula is C10H14BClNO4-. The molecule has 0 saturated carbocycles. The Balaban J connectivity index is 2.79. The molecule has 17 heavy (non-hydrogen) atoms. The fourth-order valence-electron chi connectivity index (χ4n) is 1.46. The summed E-state index contributed by atoms with van der Waals surface area (Å²) in [5.41, 5.74) is 0.719. The van der Waals surface area contributed by atoms with Crippen LogP contribution in [0.15, 0.2) is 24.3 Å². The van der Waals surface area contributed by atoms with Crippen LogP contribution in [0.4, 0.5) is 0 Å².